The van der Waals surface area contributed by atoms with Gasteiger partial charge >= 0.3 is 5.97 Å². The number of hydrogen-bond donors (Lipinski definition) is 1. The Labute approximate surface area is 196 Å². The van der Waals surface area contributed by atoms with Gasteiger partial charge in [0.25, 0.3) is 0 Å². The lowest BCUT2D eigenvalue weighted by atomic mass is 9.94. The van der Waals surface area contributed by atoms with E-state index >= 15 is 0 Å². The van der Waals surface area contributed by atoms with Gasteiger partial charge in [-0.3, -0.25) is 4.79 Å². The van der Waals surface area contributed by atoms with Gasteiger partial charge in [0, 0.05) is 23.9 Å². The maximum absolute atomic E-state index is 12.9. The summed E-state index contributed by atoms with van der Waals surface area (Å²) in [7, 11) is 0. The van der Waals surface area contributed by atoms with E-state index in [1.165, 1.54) is 11.8 Å². The first-order valence-electron chi connectivity index (χ1n) is 10.7. The number of amides is 1. The molecule has 3 aliphatic rings. The molecular weight excluding hydrogens is 450 g/mol. The number of hydrogen-bond acceptors (Lipinski definition) is 7. The maximum atomic E-state index is 12.9. The van der Waals surface area contributed by atoms with Gasteiger partial charge in [-0.2, -0.15) is 0 Å². The number of rotatable bonds is 7. The van der Waals surface area contributed by atoms with Crippen molar-refractivity contribution in [1.82, 2.24) is 10.2 Å². The Kier molecular flexibility index (Phi) is 7.23. The summed E-state index contributed by atoms with van der Waals surface area (Å²) in [5.74, 6) is -0.501. The normalized spacial score (nSPS) is 22.4. The smallest absolute Gasteiger partial charge is 0.338 e. The van der Waals surface area contributed by atoms with Crippen LogP contribution in [0.25, 0.3) is 0 Å². The molecule has 4 rings (SSSR count). The molecule has 2 atom stereocenters. The number of carbonyl (C=O) groups is 2. The van der Waals surface area contributed by atoms with Crippen LogP contribution in [0.1, 0.15) is 44.7 Å². The first kappa shape index (κ1) is 22.9. The summed E-state index contributed by atoms with van der Waals surface area (Å²) in [5.41, 5.74) is 2.73. The first-order valence-corrected chi connectivity index (χ1v) is 12.0. The van der Waals surface area contributed by atoms with Crippen LogP contribution < -0.4 is 5.32 Å². The third-order valence-electron chi connectivity index (χ3n) is 5.57. The number of allylic oxidation sites excluding steroid dienone is 1. The van der Waals surface area contributed by atoms with E-state index in [-0.39, 0.29) is 25.0 Å². The van der Waals surface area contributed by atoms with Crippen molar-refractivity contribution in [3.63, 3.8) is 0 Å². The lowest BCUT2D eigenvalue weighted by Crippen LogP contribution is -2.38. The molecule has 9 heteroatoms. The predicted molar refractivity (Wildman–Crippen MR) is 125 cm³/mol. The summed E-state index contributed by atoms with van der Waals surface area (Å²) in [6.07, 6.45) is 2.26. The molecule has 0 aliphatic carbocycles. The van der Waals surface area contributed by atoms with Crippen LogP contribution in [0.5, 0.6) is 0 Å². The van der Waals surface area contributed by atoms with Gasteiger partial charge in [0.1, 0.15) is 0 Å². The Morgan fingerprint density at radius 2 is 2.12 bits per heavy atom. The van der Waals surface area contributed by atoms with Crippen molar-refractivity contribution in [3.05, 3.63) is 57.2 Å². The van der Waals surface area contributed by atoms with Crippen molar-refractivity contribution < 1.29 is 19.1 Å². The summed E-state index contributed by atoms with van der Waals surface area (Å²) in [4.78, 5) is 32.2. The lowest BCUT2D eigenvalue weighted by molar-refractivity contribution is -0.139. The van der Waals surface area contributed by atoms with Crippen LogP contribution >= 0.6 is 23.4 Å². The monoisotopic (exact) mass is 475 g/mol. The third-order valence-corrected chi connectivity index (χ3v) is 6.72. The highest BCUT2D eigenvalue weighted by atomic mass is 35.5. The zero-order valence-electron chi connectivity index (χ0n) is 18.1. The largest absolute Gasteiger partial charge is 0.463 e. The summed E-state index contributed by atoms with van der Waals surface area (Å²) < 4.78 is 10.9. The van der Waals surface area contributed by atoms with Crippen molar-refractivity contribution in [2.75, 3.05) is 19.8 Å². The fourth-order valence-corrected chi connectivity index (χ4v) is 5.15. The molecular formula is C23H26ClN3O4S. The molecule has 1 saturated heterocycles. The summed E-state index contributed by atoms with van der Waals surface area (Å²) in [6, 6.07) is 6.91. The van der Waals surface area contributed by atoms with E-state index in [9.17, 15) is 9.59 Å². The number of esters is 1. The molecule has 1 aromatic carbocycles. The van der Waals surface area contributed by atoms with Gasteiger partial charge in [0.2, 0.25) is 5.91 Å². The molecule has 1 amide bonds. The van der Waals surface area contributed by atoms with Crippen molar-refractivity contribution in [1.29, 1.82) is 0 Å². The molecule has 0 aromatic heterocycles. The molecule has 170 valence electrons. The molecule has 0 spiro atoms. The second-order valence-electron chi connectivity index (χ2n) is 7.78. The van der Waals surface area contributed by atoms with E-state index < -0.39 is 12.0 Å². The first-order chi connectivity index (χ1) is 15.5. The third kappa shape index (κ3) is 4.87. The van der Waals surface area contributed by atoms with E-state index in [0.717, 1.165) is 35.9 Å². The highest BCUT2D eigenvalue weighted by Crippen LogP contribution is 2.44. The van der Waals surface area contributed by atoms with E-state index in [2.05, 4.69) is 10.3 Å². The molecule has 7 nitrogen and oxygen atoms in total. The number of fused-ring (bicyclic) bond motifs is 1. The van der Waals surface area contributed by atoms with Gasteiger partial charge in [-0.15, -0.1) is 0 Å². The molecule has 0 radical (unpaired) electrons. The molecule has 3 aliphatic heterocycles. The van der Waals surface area contributed by atoms with E-state index in [1.54, 1.807) is 19.1 Å². The number of thioether (sulfide) groups is 1. The van der Waals surface area contributed by atoms with Gasteiger partial charge in [-0.05, 0) is 49.8 Å². The van der Waals surface area contributed by atoms with Crippen molar-refractivity contribution in [3.8, 4) is 0 Å². The minimum Gasteiger partial charge on any atom is -0.463 e. The van der Waals surface area contributed by atoms with E-state index in [1.807, 2.05) is 29.4 Å². The van der Waals surface area contributed by atoms with Gasteiger partial charge in [0.15, 0.2) is 5.17 Å². The SMILES string of the molecule is CCOC(=O)C1=C(C)N=C2SC=C(CC(=O)NC[C@H]3CCCO3)N2[C@@H]1c1ccc(Cl)cc1. The van der Waals surface area contributed by atoms with Crippen LogP contribution in [0.3, 0.4) is 0 Å². The summed E-state index contributed by atoms with van der Waals surface area (Å²) in [5, 5.41) is 6.24. The Hall–Kier alpha value is -2.29. The van der Waals surface area contributed by atoms with Crippen LogP contribution in [-0.2, 0) is 19.1 Å². The number of nitrogens with one attached hydrogen (secondary N) is 1. The fraction of sp³-hybridized carbons (Fsp3) is 0.435. The van der Waals surface area contributed by atoms with Crippen LogP contribution in [0, 0.1) is 0 Å². The van der Waals surface area contributed by atoms with Crippen LogP contribution in [-0.4, -0.2) is 47.8 Å². The van der Waals surface area contributed by atoms with E-state index in [4.69, 9.17) is 21.1 Å². The number of carbonyl (C=O) groups excluding carboxylic acids is 2. The van der Waals surface area contributed by atoms with Crippen molar-refractivity contribution in [2.45, 2.75) is 45.3 Å². The zero-order valence-corrected chi connectivity index (χ0v) is 19.7. The number of benzene rings is 1. The lowest BCUT2D eigenvalue weighted by Gasteiger charge is -2.36. The zero-order chi connectivity index (χ0) is 22.7. The van der Waals surface area contributed by atoms with Gasteiger partial charge in [-0.1, -0.05) is 35.5 Å². The van der Waals surface area contributed by atoms with Crippen LogP contribution in [0.4, 0.5) is 0 Å². The molecule has 0 bridgehead atoms. The maximum Gasteiger partial charge on any atom is 0.338 e. The Morgan fingerprint density at radius 3 is 2.81 bits per heavy atom. The van der Waals surface area contributed by atoms with Crippen LogP contribution in [0.15, 0.2) is 51.6 Å². The number of halogens is 1. The second-order valence-corrected chi connectivity index (χ2v) is 9.05. The molecule has 0 unspecified atom stereocenters. The quantitative estimate of drug-likeness (QED) is 0.596. The number of ether oxygens (including phenoxy) is 2. The molecule has 3 heterocycles. The number of amidine groups is 1. The molecule has 1 aromatic rings. The molecule has 32 heavy (non-hydrogen) atoms. The van der Waals surface area contributed by atoms with Crippen LogP contribution in [0.2, 0.25) is 5.02 Å². The standard InChI is InChI=1S/C23H26ClN3O4S/c1-3-30-22(29)20-14(2)26-23-27(21(20)15-6-8-16(24)9-7-15)17(13-32-23)11-19(28)25-12-18-5-4-10-31-18/h6-9,13,18,21H,3-5,10-12H2,1-2H3,(H,25,28)/t18-,21-/m1/s1. The topological polar surface area (TPSA) is 80.2 Å². The Bertz CT molecular complexity index is 983. The second kappa shape index (κ2) is 10.1. The Balaban J connectivity index is 1.59. The molecule has 1 fully saturated rings. The average Bonchev–Trinajstić information content (AvgIpc) is 3.42. The van der Waals surface area contributed by atoms with Crippen molar-refractivity contribution in [2.24, 2.45) is 4.99 Å². The highest BCUT2D eigenvalue weighted by molar-refractivity contribution is 8.16. The minimum absolute atomic E-state index is 0.0841. The average molecular weight is 476 g/mol. The molecule has 1 N–H and O–H groups in total. The van der Waals surface area contributed by atoms with Gasteiger partial charge < -0.3 is 19.7 Å². The number of aliphatic imine (C=N–C) groups is 1. The highest BCUT2D eigenvalue weighted by Gasteiger charge is 2.41. The fourth-order valence-electron chi connectivity index (χ4n) is 4.06. The van der Waals surface area contributed by atoms with Gasteiger partial charge in [0.05, 0.1) is 36.4 Å². The van der Waals surface area contributed by atoms with Gasteiger partial charge in [-0.25, -0.2) is 9.79 Å². The summed E-state index contributed by atoms with van der Waals surface area (Å²) >= 11 is 7.55. The summed E-state index contributed by atoms with van der Waals surface area (Å²) in [6.45, 7) is 5.11. The number of nitrogens with zero attached hydrogens (tertiary/aromatic N) is 2. The van der Waals surface area contributed by atoms with Crippen molar-refractivity contribution >= 4 is 40.4 Å². The Morgan fingerprint density at radius 1 is 1.34 bits per heavy atom. The predicted octanol–water partition coefficient (Wildman–Crippen LogP) is 4.16. The van der Waals surface area contributed by atoms with E-state index in [0.29, 0.717) is 22.8 Å². The minimum atomic E-state index is -0.453. The molecule has 0 saturated carbocycles.